The highest BCUT2D eigenvalue weighted by molar-refractivity contribution is 7.89. The summed E-state index contributed by atoms with van der Waals surface area (Å²) in [5.74, 6) is -0.396. The van der Waals surface area contributed by atoms with Crippen LogP contribution in [-0.2, 0) is 21.4 Å². The lowest BCUT2D eigenvalue weighted by Crippen LogP contribution is -3.11. The molecule has 2 aromatic carbocycles. The van der Waals surface area contributed by atoms with Gasteiger partial charge in [0.15, 0.2) is 18.1 Å². The van der Waals surface area contributed by atoms with E-state index in [-0.39, 0.29) is 29.1 Å². The zero-order valence-electron chi connectivity index (χ0n) is 16.7. The molecule has 158 valence electrons. The molecular formula is C20H27FN3O4S+. The Bertz CT molecular complexity index is 949. The van der Waals surface area contributed by atoms with E-state index in [1.54, 1.807) is 24.3 Å². The van der Waals surface area contributed by atoms with Gasteiger partial charge in [-0.05, 0) is 49.7 Å². The van der Waals surface area contributed by atoms with Crippen LogP contribution in [-0.4, -0.2) is 34.5 Å². The quantitative estimate of drug-likeness (QED) is 0.553. The van der Waals surface area contributed by atoms with Crippen molar-refractivity contribution in [2.45, 2.75) is 31.3 Å². The third-order valence-electron chi connectivity index (χ3n) is 4.67. The van der Waals surface area contributed by atoms with Gasteiger partial charge >= 0.3 is 0 Å². The number of nitrogens with one attached hydrogen (secondary N) is 2. The molecule has 9 heteroatoms. The van der Waals surface area contributed by atoms with Gasteiger partial charge in [-0.15, -0.1) is 0 Å². The van der Waals surface area contributed by atoms with E-state index in [4.69, 9.17) is 9.88 Å². The van der Waals surface area contributed by atoms with E-state index in [2.05, 4.69) is 5.32 Å². The van der Waals surface area contributed by atoms with Crippen LogP contribution in [0.2, 0.25) is 0 Å². The lowest BCUT2D eigenvalue weighted by Gasteiger charge is -2.20. The highest BCUT2D eigenvalue weighted by Crippen LogP contribution is 2.17. The van der Waals surface area contributed by atoms with E-state index < -0.39 is 15.8 Å². The fourth-order valence-corrected chi connectivity index (χ4v) is 3.49. The third-order valence-corrected chi connectivity index (χ3v) is 5.60. The zero-order valence-corrected chi connectivity index (χ0v) is 17.6. The second kappa shape index (κ2) is 9.82. The number of nitrogens with two attached hydrogens (primary N) is 1. The van der Waals surface area contributed by atoms with Gasteiger partial charge in [0.2, 0.25) is 10.0 Å². The molecular weight excluding hydrogens is 397 g/mol. The van der Waals surface area contributed by atoms with E-state index >= 15 is 0 Å². The van der Waals surface area contributed by atoms with Crippen LogP contribution >= 0.6 is 0 Å². The summed E-state index contributed by atoms with van der Waals surface area (Å²) in [5, 5.41) is 7.99. The van der Waals surface area contributed by atoms with Crippen LogP contribution in [0, 0.1) is 5.82 Å². The first-order chi connectivity index (χ1) is 13.6. The molecule has 7 nitrogen and oxygen atoms in total. The van der Waals surface area contributed by atoms with E-state index in [1.807, 2.05) is 13.8 Å². The van der Waals surface area contributed by atoms with Crippen molar-refractivity contribution in [2.75, 3.05) is 20.2 Å². The van der Waals surface area contributed by atoms with Gasteiger partial charge in [0.25, 0.3) is 5.91 Å². The summed E-state index contributed by atoms with van der Waals surface area (Å²) in [4.78, 5) is 13.4. The highest BCUT2D eigenvalue weighted by atomic mass is 32.2. The van der Waals surface area contributed by atoms with Crippen molar-refractivity contribution in [3.05, 3.63) is 59.4 Å². The number of carbonyl (C=O) groups excluding carboxylic acids is 1. The second-order valence-electron chi connectivity index (χ2n) is 6.83. The van der Waals surface area contributed by atoms with Gasteiger partial charge in [-0.1, -0.05) is 12.1 Å². The fraction of sp³-hybridized carbons (Fsp3) is 0.350. The van der Waals surface area contributed by atoms with Crippen LogP contribution in [0.3, 0.4) is 0 Å². The fourth-order valence-electron chi connectivity index (χ4n) is 2.97. The predicted molar refractivity (Wildman–Crippen MR) is 107 cm³/mol. The summed E-state index contributed by atoms with van der Waals surface area (Å²) in [5.41, 5.74) is 1.54. The minimum Gasteiger partial charge on any atom is -0.494 e. The molecule has 2 atom stereocenters. The summed E-state index contributed by atoms with van der Waals surface area (Å²) in [6.07, 6.45) is 0. The Hall–Kier alpha value is -2.49. The van der Waals surface area contributed by atoms with Crippen molar-refractivity contribution in [1.82, 2.24) is 5.32 Å². The molecule has 1 unspecified atom stereocenters. The van der Waals surface area contributed by atoms with Gasteiger partial charge in [-0.3, -0.25) is 4.79 Å². The van der Waals surface area contributed by atoms with Gasteiger partial charge in [-0.25, -0.2) is 17.9 Å². The number of likely N-dealkylation sites (N-methyl/N-ethyl adjacent to an activating group) is 1. The summed E-state index contributed by atoms with van der Waals surface area (Å²) >= 11 is 0. The highest BCUT2D eigenvalue weighted by Gasteiger charge is 2.17. The standard InChI is InChI=1S/C20H26FN3O4S/c1-4-24(12-15-5-10-19(28-3)18(21)11-15)13-20(25)23-14(2)16-6-8-17(9-7-16)29(22,26)27/h5-11,14H,4,12-13H2,1-3H3,(H,23,25)(H2,22,26,27)/p+1/t14-/m0/s1. The SMILES string of the molecule is CC[NH+](CC(=O)N[C@@H](C)c1ccc(S(N)(=O)=O)cc1)Cc1ccc(OC)c(F)c1. The minimum atomic E-state index is -3.75. The lowest BCUT2D eigenvalue weighted by molar-refractivity contribution is -0.904. The molecule has 29 heavy (non-hydrogen) atoms. The van der Waals surface area contributed by atoms with Gasteiger partial charge in [0.05, 0.1) is 24.6 Å². The third kappa shape index (κ3) is 6.52. The van der Waals surface area contributed by atoms with E-state index in [0.717, 1.165) is 16.0 Å². The Morgan fingerprint density at radius 2 is 1.90 bits per heavy atom. The Morgan fingerprint density at radius 1 is 1.24 bits per heavy atom. The predicted octanol–water partition coefficient (Wildman–Crippen LogP) is 0.764. The number of amides is 1. The molecule has 1 amide bonds. The summed E-state index contributed by atoms with van der Waals surface area (Å²) in [6.45, 7) is 5.19. The molecule has 0 radical (unpaired) electrons. The summed E-state index contributed by atoms with van der Waals surface area (Å²) < 4.78 is 41.4. The number of ether oxygens (including phenoxy) is 1. The first kappa shape index (κ1) is 22.8. The Kier molecular flexibility index (Phi) is 7.72. The first-order valence-corrected chi connectivity index (χ1v) is 10.8. The molecule has 0 aliphatic carbocycles. The molecule has 0 saturated heterocycles. The number of carbonyl (C=O) groups is 1. The van der Waals surface area contributed by atoms with Gasteiger partial charge in [0.1, 0.15) is 6.54 Å². The zero-order chi connectivity index (χ0) is 21.6. The number of primary sulfonamides is 1. The number of hydrogen-bond acceptors (Lipinski definition) is 4. The van der Waals surface area contributed by atoms with Crippen LogP contribution < -0.4 is 20.1 Å². The number of halogens is 1. The largest absolute Gasteiger partial charge is 0.494 e. The number of rotatable bonds is 9. The average Bonchev–Trinajstić information content (AvgIpc) is 2.67. The molecule has 2 aromatic rings. The number of benzene rings is 2. The van der Waals surface area contributed by atoms with Crippen LogP contribution in [0.4, 0.5) is 4.39 Å². The molecule has 4 N–H and O–H groups in total. The minimum absolute atomic E-state index is 0.0214. The number of quaternary nitrogens is 1. The maximum Gasteiger partial charge on any atom is 0.275 e. The molecule has 0 heterocycles. The monoisotopic (exact) mass is 424 g/mol. The van der Waals surface area contributed by atoms with Crippen molar-refractivity contribution < 1.29 is 27.2 Å². The molecule has 2 rings (SSSR count). The molecule has 0 bridgehead atoms. The van der Waals surface area contributed by atoms with Crippen molar-refractivity contribution in [3.8, 4) is 5.75 Å². The molecule has 0 aliphatic heterocycles. The van der Waals surface area contributed by atoms with Crippen molar-refractivity contribution in [1.29, 1.82) is 0 Å². The topological polar surface area (TPSA) is 103 Å². The maximum atomic E-state index is 13.9. The number of hydrogen-bond donors (Lipinski definition) is 3. The maximum absolute atomic E-state index is 13.9. The van der Waals surface area contributed by atoms with Crippen LogP contribution in [0.15, 0.2) is 47.4 Å². The average molecular weight is 425 g/mol. The molecule has 0 fully saturated rings. The van der Waals surface area contributed by atoms with Crippen molar-refractivity contribution >= 4 is 15.9 Å². The van der Waals surface area contributed by atoms with Gasteiger partial charge in [-0.2, -0.15) is 0 Å². The van der Waals surface area contributed by atoms with Gasteiger partial charge in [0, 0.05) is 5.56 Å². The molecule has 0 aromatic heterocycles. The van der Waals surface area contributed by atoms with Gasteiger partial charge < -0.3 is 15.0 Å². The van der Waals surface area contributed by atoms with Crippen LogP contribution in [0.25, 0.3) is 0 Å². The number of methoxy groups -OCH3 is 1. The van der Waals surface area contributed by atoms with Crippen molar-refractivity contribution in [3.63, 3.8) is 0 Å². The lowest BCUT2D eigenvalue weighted by atomic mass is 10.1. The van der Waals surface area contributed by atoms with Crippen molar-refractivity contribution in [2.24, 2.45) is 5.14 Å². The van der Waals surface area contributed by atoms with E-state index in [1.165, 1.54) is 25.3 Å². The van der Waals surface area contributed by atoms with Crippen LogP contribution in [0.5, 0.6) is 5.75 Å². The second-order valence-corrected chi connectivity index (χ2v) is 8.39. The Balaban J connectivity index is 1.96. The molecule has 0 saturated carbocycles. The smallest absolute Gasteiger partial charge is 0.275 e. The van der Waals surface area contributed by atoms with E-state index in [0.29, 0.717) is 13.1 Å². The Labute approximate surface area is 170 Å². The normalized spacial score (nSPS) is 13.6. The summed E-state index contributed by atoms with van der Waals surface area (Å²) in [7, 11) is -2.34. The Morgan fingerprint density at radius 3 is 2.41 bits per heavy atom. The number of sulfonamides is 1. The van der Waals surface area contributed by atoms with E-state index in [9.17, 15) is 17.6 Å². The van der Waals surface area contributed by atoms with Crippen LogP contribution in [0.1, 0.15) is 31.0 Å². The molecule has 0 spiro atoms. The summed E-state index contributed by atoms with van der Waals surface area (Å²) in [6, 6.07) is 10.5. The molecule has 0 aliphatic rings. The first-order valence-electron chi connectivity index (χ1n) is 9.22.